The maximum Gasteiger partial charge on any atom is 0.129 e. The van der Waals surface area contributed by atoms with Crippen LogP contribution in [0.2, 0.25) is 0 Å². The van der Waals surface area contributed by atoms with E-state index in [4.69, 9.17) is 4.74 Å². The van der Waals surface area contributed by atoms with Gasteiger partial charge in [0.25, 0.3) is 0 Å². The molecule has 0 aliphatic heterocycles. The molecule has 0 spiro atoms. The number of nitrogens with zero attached hydrogens (tertiary/aromatic N) is 1. The lowest BCUT2D eigenvalue weighted by atomic mass is 10.2. The minimum atomic E-state index is 0.693. The zero-order chi connectivity index (χ0) is 16.9. The van der Waals surface area contributed by atoms with Crippen molar-refractivity contribution >= 4 is 17.0 Å². The molecule has 4 nitrogen and oxygen atoms in total. The Morgan fingerprint density at radius 1 is 0.960 bits per heavy atom. The summed E-state index contributed by atoms with van der Waals surface area (Å²) in [5.41, 5.74) is 3.14. The van der Waals surface area contributed by atoms with E-state index >= 15 is 0 Å². The maximum absolute atomic E-state index is 5.88. The number of thiophene rings is 1. The second-order valence-electron chi connectivity index (χ2n) is 5.53. The molecule has 0 unspecified atom stereocenters. The first-order chi connectivity index (χ1) is 12.4. The number of hydrogen-bond donors (Lipinski definition) is 2. The van der Waals surface area contributed by atoms with E-state index < -0.39 is 0 Å². The Morgan fingerprint density at radius 3 is 2.68 bits per heavy atom. The molecule has 2 N–H and O–H groups in total. The lowest BCUT2D eigenvalue weighted by molar-refractivity contribution is 0.483. The van der Waals surface area contributed by atoms with E-state index in [2.05, 4.69) is 27.0 Å². The van der Waals surface area contributed by atoms with Gasteiger partial charge in [0.2, 0.25) is 0 Å². The van der Waals surface area contributed by atoms with Crippen LogP contribution in [0, 0.1) is 0 Å². The molecule has 4 aromatic rings. The summed E-state index contributed by atoms with van der Waals surface area (Å²) in [5, 5.41) is 12.8. The molecule has 4 rings (SSSR count). The molecule has 0 amide bonds. The summed E-state index contributed by atoms with van der Waals surface area (Å²) in [5.74, 6) is 1.64. The Bertz CT molecular complexity index is 933. The summed E-state index contributed by atoms with van der Waals surface area (Å²) in [6.07, 6.45) is 1.94. The van der Waals surface area contributed by atoms with Crippen LogP contribution in [0.25, 0.3) is 10.6 Å². The SMILES string of the molecule is c1ccc(Oc2cccc(NCc3c[nH]nc3-c3cccs3)c2)cc1. The fourth-order valence-corrected chi connectivity index (χ4v) is 3.32. The standard InChI is InChI=1S/C20H17N3OS/c1-2-7-17(8-3-1)24-18-9-4-6-16(12-18)21-13-15-14-22-23-20(15)19-10-5-11-25-19/h1-12,14,21H,13H2,(H,22,23). The Kier molecular flexibility index (Phi) is 4.48. The number of H-pyrrole nitrogens is 1. The Morgan fingerprint density at radius 2 is 1.84 bits per heavy atom. The monoisotopic (exact) mass is 347 g/mol. The van der Waals surface area contributed by atoms with Gasteiger partial charge in [0, 0.05) is 30.1 Å². The van der Waals surface area contributed by atoms with E-state index in [1.54, 1.807) is 11.3 Å². The average molecular weight is 347 g/mol. The van der Waals surface area contributed by atoms with Crippen molar-refractivity contribution in [2.24, 2.45) is 0 Å². The fraction of sp³-hybridized carbons (Fsp3) is 0.0500. The summed E-state index contributed by atoms with van der Waals surface area (Å²) in [6.45, 7) is 0.693. The molecule has 2 aromatic heterocycles. The number of nitrogens with one attached hydrogen (secondary N) is 2. The number of para-hydroxylation sites is 1. The molecule has 5 heteroatoms. The van der Waals surface area contributed by atoms with Gasteiger partial charge in [-0.05, 0) is 35.7 Å². The Balaban J connectivity index is 1.46. The minimum Gasteiger partial charge on any atom is -0.457 e. The molecule has 0 saturated heterocycles. The highest BCUT2D eigenvalue weighted by molar-refractivity contribution is 7.13. The van der Waals surface area contributed by atoms with Crippen LogP contribution in [0.3, 0.4) is 0 Å². The fourth-order valence-electron chi connectivity index (χ4n) is 2.57. The molecule has 0 aliphatic rings. The topological polar surface area (TPSA) is 49.9 Å². The number of ether oxygens (including phenoxy) is 1. The van der Waals surface area contributed by atoms with E-state index in [-0.39, 0.29) is 0 Å². The van der Waals surface area contributed by atoms with Gasteiger partial charge in [0.15, 0.2) is 0 Å². The van der Waals surface area contributed by atoms with Crippen molar-refractivity contribution in [3.05, 3.63) is 83.9 Å². The van der Waals surface area contributed by atoms with Crippen molar-refractivity contribution in [3.63, 3.8) is 0 Å². The molecule has 124 valence electrons. The largest absolute Gasteiger partial charge is 0.457 e. The van der Waals surface area contributed by atoms with E-state index in [9.17, 15) is 0 Å². The first kappa shape index (κ1) is 15.5. The van der Waals surface area contributed by atoms with Crippen molar-refractivity contribution in [2.45, 2.75) is 6.54 Å². The van der Waals surface area contributed by atoms with Crippen LogP contribution >= 0.6 is 11.3 Å². The van der Waals surface area contributed by atoms with Gasteiger partial charge < -0.3 is 10.1 Å². The number of benzene rings is 2. The maximum atomic E-state index is 5.88. The summed E-state index contributed by atoms with van der Waals surface area (Å²) in [4.78, 5) is 1.17. The van der Waals surface area contributed by atoms with E-state index in [0.717, 1.165) is 28.4 Å². The molecule has 0 saturated carbocycles. The lowest BCUT2D eigenvalue weighted by Gasteiger charge is -2.09. The van der Waals surface area contributed by atoms with Gasteiger partial charge in [-0.3, -0.25) is 5.10 Å². The van der Waals surface area contributed by atoms with Crippen molar-refractivity contribution in [3.8, 4) is 22.1 Å². The van der Waals surface area contributed by atoms with Gasteiger partial charge in [0.1, 0.15) is 17.2 Å². The molecule has 2 aromatic carbocycles. The first-order valence-corrected chi connectivity index (χ1v) is 8.90. The highest BCUT2D eigenvalue weighted by Gasteiger charge is 2.09. The summed E-state index contributed by atoms with van der Waals surface area (Å²) >= 11 is 1.69. The molecule has 0 radical (unpaired) electrons. The van der Waals surface area contributed by atoms with Crippen molar-refractivity contribution in [1.29, 1.82) is 0 Å². The van der Waals surface area contributed by atoms with Gasteiger partial charge in [-0.25, -0.2) is 0 Å². The lowest BCUT2D eigenvalue weighted by Crippen LogP contribution is -1.99. The average Bonchev–Trinajstić information content (AvgIpc) is 3.32. The van der Waals surface area contributed by atoms with Crippen LogP contribution in [0.5, 0.6) is 11.5 Å². The van der Waals surface area contributed by atoms with Gasteiger partial charge in [-0.1, -0.05) is 30.3 Å². The van der Waals surface area contributed by atoms with Crippen molar-refractivity contribution < 1.29 is 4.74 Å². The molecular formula is C20H17N3OS. The van der Waals surface area contributed by atoms with Crippen LogP contribution in [-0.4, -0.2) is 10.2 Å². The normalized spacial score (nSPS) is 10.6. The van der Waals surface area contributed by atoms with Crippen LogP contribution in [0.1, 0.15) is 5.56 Å². The molecular weight excluding hydrogens is 330 g/mol. The quantitative estimate of drug-likeness (QED) is 0.481. The molecule has 0 atom stereocenters. The second kappa shape index (κ2) is 7.23. The smallest absolute Gasteiger partial charge is 0.129 e. The molecule has 0 bridgehead atoms. The molecule has 25 heavy (non-hydrogen) atoms. The third kappa shape index (κ3) is 3.72. The molecule has 0 fully saturated rings. The van der Waals surface area contributed by atoms with Gasteiger partial charge in [-0.15, -0.1) is 11.3 Å². The van der Waals surface area contributed by atoms with E-state index in [1.807, 2.05) is 66.9 Å². The zero-order valence-corrected chi connectivity index (χ0v) is 14.3. The summed E-state index contributed by atoms with van der Waals surface area (Å²) < 4.78 is 5.88. The van der Waals surface area contributed by atoms with Crippen LogP contribution in [0.4, 0.5) is 5.69 Å². The molecule has 2 heterocycles. The third-order valence-corrected chi connectivity index (χ3v) is 4.65. The van der Waals surface area contributed by atoms with Crippen LogP contribution in [-0.2, 0) is 6.54 Å². The van der Waals surface area contributed by atoms with Crippen molar-refractivity contribution in [2.75, 3.05) is 5.32 Å². The number of aromatic amines is 1. The first-order valence-electron chi connectivity index (χ1n) is 8.02. The highest BCUT2D eigenvalue weighted by Crippen LogP contribution is 2.27. The summed E-state index contributed by atoms with van der Waals surface area (Å²) in [7, 11) is 0. The third-order valence-electron chi connectivity index (χ3n) is 3.77. The number of hydrogen-bond acceptors (Lipinski definition) is 4. The number of rotatable bonds is 6. The van der Waals surface area contributed by atoms with Gasteiger partial charge in [-0.2, -0.15) is 5.10 Å². The highest BCUT2D eigenvalue weighted by atomic mass is 32.1. The van der Waals surface area contributed by atoms with Crippen molar-refractivity contribution in [1.82, 2.24) is 10.2 Å². The number of aromatic nitrogens is 2. The minimum absolute atomic E-state index is 0.693. The summed E-state index contributed by atoms with van der Waals surface area (Å²) in [6, 6.07) is 21.9. The van der Waals surface area contributed by atoms with Crippen LogP contribution < -0.4 is 10.1 Å². The Hall–Kier alpha value is -3.05. The predicted octanol–water partition coefficient (Wildman–Crippen LogP) is 5.54. The van der Waals surface area contributed by atoms with E-state index in [1.165, 1.54) is 4.88 Å². The molecule has 0 aliphatic carbocycles. The predicted molar refractivity (Wildman–Crippen MR) is 102 cm³/mol. The zero-order valence-electron chi connectivity index (χ0n) is 13.5. The second-order valence-corrected chi connectivity index (χ2v) is 6.48. The van der Waals surface area contributed by atoms with Gasteiger partial charge in [0.05, 0.1) is 4.88 Å². The van der Waals surface area contributed by atoms with Gasteiger partial charge >= 0.3 is 0 Å². The number of anilines is 1. The van der Waals surface area contributed by atoms with E-state index in [0.29, 0.717) is 6.54 Å². The van der Waals surface area contributed by atoms with Crippen LogP contribution in [0.15, 0.2) is 78.3 Å². The Labute approximate surface area is 150 Å².